The van der Waals surface area contributed by atoms with Crippen molar-refractivity contribution in [1.82, 2.24) is 9.97 Å². The number of rotatable bonds is 2. The topological polar surface area (TPSA) is 83.8 Å². The fraction of sp³-hybridized carbons (Fsp3) is 0. The van der Waals surface area contributed by atoms with Crippen molar-refractivity contribution in [2.45, 2.75) is 0 Å². The first-order chi connectivity index (χ1) is 9.63. The molecule has 5 nitrogen and oxygen atoms in total. The summed E-state index contributed by atoms with van der Waals surface area (Å²) in [6.07, 6.45) is 0. The number of nitrogens with two attached hydrogens (primary N) is 1. The maximum Gasteiger partial charge on any atom is 0.258 e. The number of nitrogens with one attached hydrogen (secondary N) is 2. The SMILES string of the molecule is Nc1cc(C(=O)Nc2nc3ccccc3[nH]2)ccc1Cl. The molecule has 0 spiro atoms. The Kier molecular flexibility index (Phi) is 3.04. The number of carbonyl (C=O) groups is 1. The molecule has 0 aliphatic heterocycles. The summed E-state index contributed by atoms with van der Waals surface area (Å²) in [6, 6.07) is 12.3. The highest BCUT2D eigenvalue weighted by Crippen LogP contribution is 2.20. The van der Waals surface area contributed by atoms with Crippen molar-refractivity contribution in [3.05, 3.63) is 53.1 Å². The van der Waals surface area contributed by atoms with Gasteiger partial charge in [0.1, 0.15) is 0 Å². The highest BCUT2D eigenvalue weighted by atomic mass is 35.5. The van der Waals surface area contributed by atoms with E-state index in [9.17, 15) is 4.79 Å². The van der Waals surface area contributed by atoms with Crippen molar-refractivity contribution < 1.29 is 4.79 Å². The van der Waals surface area contributed by atoms with E-state index in [1.807, 2.05) is 24.3 Å². The first kappa shape index (κ1) is 12.5. The number of aromatic nitrogens is 2. The molecule has 0 aliphatic rings. The molecule has 6 heteroatoms. The van der Waals surface area contributed by atoms with Gasteiger partial charge in [-0.2, -0.15) is 0 Å². The van der Waals surface area contributed by atoms with Crippen LogP contribution in [0.3, 0.4) is 0 Å². The number of benzene rings is 2. The Morgan fingerprint density at radius 2 is 2.05 bits per heavy atom. The van der Waals surface area contributed by atoms with E-state index in [-0.39, 0.29) is 5.91 Å². The van der Waals surface area contributed by atoms with Gasteiger partial charge in [-0.3, -0.25) is 10.1 Å². The Morgan fingerprint density at radius 1 is 1.25 bits per heavy atom. The van der Waals surface area contributed by atoms with Gasteiger partial charge in [0, 0.05) is 5.56 Å². The fourth-order valence-corrected chi connectivity index (χ4v) is 1.99. The van der Waals surface area contributed by atoms with Crippen LogP contribution in [-0.2, 0) is 0 Å². The lowest BCUT2D eigenvalue weighted by Crippen LogP contribution is -2.13. The molecule has 1 amide bonds. The lowest BCUT2D eigenvalue weighted by Gasteiger charge is -2.04. The van der Waals surface area contributed by atoms with Crippen molar-refractivity contribution >= 4 is 40.2 Å². The quantitative estimate of drug-likeness (QED) is 0.633. The molecule has 20 heavy (non-hydrogen) atoms. The van der Waals surface area contributed by atoms with Gasteiger partial charge in [0.25, 0.3) is 5.91 Å². The van der Waals surface area contributed by atoms with Gasteiger partial charge < -0.3 is 10.7 Å². The molecular formula is C14H11ClN4O. The van der Waals surface area contributed by atoms with E-state index in [1.165, 1.54) is 6.07 Å². The van der Waals surface area contributed by atoms with Gasteiger partial charge in [-0.25, -0.2) is 4.98 Å². The third-order valence-electron chi connectivity index (χ3n) is 2.88. The van der Waals surface area contributed by atoms with Crippen molar-refractivity contribution in [2.75, 3.05) is 11.1 Å². The number of hydrogen-bond donors (Lipinski definition) is 3. The minimum Gasteiger partial charge on any atom is -0.398 e. The number of fused-ring (bicyclic) bond motifs is 1. The van der Waals surface area contributed by atoms with Crippen molar-refractivity contribution in [1.29, 1.82) is 0 Å². The molecule has 0 saturated carbocycles. The standard InChI is InChI=1S/C14H11ClN4O/c15-9-6-5-8(7-10(9)16)13(20)19-14-17-11-3-1-2-4-12(11)18-14/h1-7H,16H2,(H2,17,18,19,20). The first-order valence-corrected chi connectivity index (χ1v) is 6.32. The van der Waals surface area contributed by atoms with Crippen LogP contribution in [0.15, 0.2) is 42.5 Å². The van der Waals surface area contributed by atoms with Gasteiger partial charge in [0.05, 0.1) is 21.7 Å². The Bertz CT molecular complexity index is 764. The van der Waals surface area contributed by atoms with Crippen LogP contribution in [0.5, 0.6) is 0 Å². The van der Waals surface area contributed by atoms with Crippen LogP contribution in [0, 0.1) is 0 Å². The number of para-hydroxylation sites is 2. The van der Waals surface area contributed by atoms with E-state index in [1.54, 1.807) is 12.1 Å². The first-order valence-electron chi connectivity index (χ1n) is 5.94. The number of nitrogens with zero attached hydrogens (tertiary/aromatic N) is 1. The predicted molar refractivity (Wildman–Crippen MR) is 79.9 cm³/mol. The maximum absolute atomic E-state index is 12.1. The van der Waals surface area contributed by atoms with E-state index >= 15 is 0 Å². The van der Waals surface area contributed by atoms with Gasteiger partial charge >= 0.3 is 0 Å². The molecule has 0 radical (unpaired) electrons. The summed E-state index contributed by atoms with van der Waals surface area (Å²) in [5, 5.41) is 3.11. The summed E-state index contributed by atoms with van der Waals surface area (Å²) in [7, 11) is 0. The van der Waals surface area contributed by atoms with E-state index in [0.717, 1.165) is 11.0 Å². The summed E-state index contributed by atoms with van der Waals surface area (Å²) in [4.78, 5) is 19.4. The van der Waals surface area contributed by atoms with Crippen LogP contribution < -0.4 is 11.1 Å². The van der Waals surface area contributed by atoms with Crippen LogP contribution in [0.25, 0.3) is 11.0 Å². The molecule has 1 aromatic heterocycles. The molecule has 3 rings (SSSR count). The molecule has 1 heterocycles. The molecule has 0 atom stereocenters. The van der Waals surface area contributed by atoms with Crippen LogP contribution >= 0.6 is 11.6 Å². The summed E-state index contributed by atoms with van der Waals surface area (Å²) in [5.74, 6) is 0.0946. The number of imidazole rings is 1. The fourth-order valence-electron chi connectivity index (χ4n) is 1.88. The second-order valence-corrected chi connectivity index (χ2v) is 4.70. The van der Waals surface area contributed by atoms with Crippen molar-refractivity contribution in [2.24, 2.45) is 0 Å². The minimum atomic E-state index is -0.299. The second kappa shape index (κ2) is 4.86. The molecule has 0 aliphatic carbocycles. The molecular weight excluding hydrogens is 276 g/mol. The molecule has 0 saturated heterocycles. The van der Waals surface area contributed by atoms with Crippen molar-refractivity contribution in [3.8, 4) is 0 Å². The normalized spacial score (nSPS) is 10.7. The number of carbonyl (C=O) groups excluding carboxylic acids is 1. The zero-order valence-electron chi connectivity index (χ0n) is 10.4. The smallest absolute Gasteiger partial charge is 0.258 e. The van der Waals surface area contributed by atoms with E-state index in [4.69, 9.17) is 17.3 Å². The summed E-state index contributed by atoms with van der Waals surface area (Å²) < 4.78 is 0. The van der Waals surface area contributed by atoms with Gasteiger partial charge in [-0.05, 0) is 30.3 Å². The zero-order valence-corrected chi connectivity index (χ0v) is 11.1. The lowest BCUT2D eigenvalue weighted by atomic mass is 10.2. The molecule has 2 aromatic carbocycles. The Labute approximate surface area is 119 Å². The number of H-pyrrole nitrogens is 1. The average molecular weight is 287 g/mol. The zero-order chi connectivity index (χ0) is 14.1. The van der Waals surface area contributed by atoms with E-state index in [2.05, 4.69) is 15.3 Å². The van der Waals surface area contributed by atoms with Crippen LogP contribution in [0.1, 0.15) is 10.4 Å². The Balaban J connectivity index is 1.86. The summed E-state index contributed by atoms with van der Waals surface area (Å²) in [6.45, 7) is 0. The van der Waals surface area contributed by atoms with Gasteiger partial charge in [0.15, 0.2) is 0 Å². The van der Waals surface area contributed by atoms with Crippen molar-refractivity contribution in [3.63, 3.8) is 0 Å². The molecule has 100 valence electrons. The minimum absolute atomic E-state index is 0.299. The van der Waals surface area contributed by atoms with Crippen LogP contribution in [-0.4, -0.2) is 15.9 Å². The van der Waals surface area contributed by atoms with Crippen LogP contribution in [0.2, 0.25) is 5.02 Å². The number of halogens is 1. The maximum atomic E-state index is 12.1. The average Bonchev–Trinajstić information content (AvgIpc) is 2.83. The monoisotopic (exact) mass is 286 g/mol. The third-order valence-corrected chi connectivity index (χ3v) is 3.22. The highest BCUT2D eigenvalue weighted by molar-refractivity contribution is 6.33. The number of hydrogen-bond acceptors (Lipinski definition) is 3. The van der Waals surface area contributed by atoms with Gasteiger partial charge in [-0.1, -0.05) is 23.7 Å². The number of amides is 1. The number of anilines is 2. The molecule has 3 aromatic rings. The van der Waals surface area contributed by atoms with E-state index in [0.29, 0.717) is 22.2 Å². The van der Waals surface area contributed by atoms with Gasteiger partial charge in [0.2, 0.25) is 5.95 Å². The van der Waals surface area contributed by atoms with Crippen LogP contribution in [0.4, 0.5) is 11.6 Å². The summed E-state index contributed by atoms with van der Waals surface area (Å²) in [5.41, 5.74) is 8.12. The third kappa shape index (κ3) is 2.31. The number of aromatic amines is 1. The predicted octanol–water partition coefficient (Wildman–Crippen LogP) is 3.05. The van der Waals surface area contributed by atoms with E-state index < -0.39 is 0 Å². The number of nitrogen functional groups attached to an aromatic ring is 1. The Hall–Kier alpha value is -2.53. The summed E-state index contributed by atoms with van der Waals surface area (Å²) >= 11 is 5.82. The molecule has 4 N–H and O–H groups in total. The second-order valence-electron chi connectivity index (χ2n) is 4.29. The molecule has 0 unspecified atom stereocenters. The van der Waals surface area contributed by atoms with Gasteiger partial charge in [-0.15, -0.1) is 0 Å². The molecule has 0 fully saturated rings. The largest absolute Gasteiger partial charge is 0.398 e. The lowest BCUT2D eigenvalue weighted by molar-refractivity contribution is 0.102. The Morgan fingerprint density at radius 3 is 2.80 bits per heavy atom. The highest BCUT2D eigenvalue weighted by Gasteiger charge is 2.10. The molecule has 0 bridgehead atoms.